The van der Waals surface area contributed by atoms with Gasteiger partial charge in [-0.05, 0) is 24.3 Å². The number of aliphatic hydroxyl groups excluding tert-OH is 1. The van der Waals surface area contributed by atoms with Crippen LogP contribution in [0.3, 0.4) is 0 Å². The quantitative estimate of drug-likeness (QED) is 0.928. The molecule has 102 valence electrons. The highest BCUT2D eigenvalue weighted by molar-refractivity contribution is 9.10. The molecular weight excluding hydrogens is 322 g/mol. The molecule has 0 aromatic heterocycles. The van der Waals surface area contributed by atoms with Gasteiger partial charge in [0.1, 0.15) is 17.2 Å². The second kappa shape index (κ2) is 6.42. The molecule has 4 nitrogen and oxygen atoms in total. The van der Waals surface area contributed by atoms with Crippen LogP contribution in [0.2, 0.25) is 0 Å². The van der Waals surface area contributed by atoms with Crippen molar-refractivity contribution in [1.29, 1.82) is 5.26 Å². The summed E-state index contributed by atoms with van der Waals surface area (Å²) in [5, 5.41) is 18.3. The molecule has 2 aromatic carbocycles. The lowest BCUT2D eigenvalue weighted by Gasteiger charge is -2.11. The van der Waals surface area contributed by atoms with Crippen LogP contribution < -0.4 is 9.47 Å². The molecule has 2 aromatic rings. The van der Waals surface area contributed by atoms with E-state index in [-0.39, 0.29) is 6.61 Å². The minimum absolute atomic E-state index is 0.127. The molecule has 0 radical (unpaired) electrons. The summed E-state index contributed by atoms with van der Waals surface area (Å²) in [6, 6.07) is 12.3. The highest BCUT2D eigenvalue weighted by Gasteiger charge is 2.08. The van der Waals surface area contributed by atoms with Crippen LogP contribution in [-0.2, 0) is 6.61 Å². The highest BCUT2D eigenvalue weighted by Crippen LogP contribution is 2.31. The molecule has 0 atom stereocenters. The Labute approximate surface area is 125 Å². The summed E-state index contributed by atoms with van der Waals surface area (Å²) < 4.78 is 11.7. The maximum atomic E-state index is 9.32. The molecule has 0 bridgehead atoms. The number of nitriles is 1. The van der Waals surface area contributed by atoms with Gasteiger partial charge in [0, 0.05) is 16.1 Å². The van der Waals surface area contributed by atoms with Gasteiger partial charge in [-0.2, -0.15) is 5.26 Å². The maximum Gasteiger partial charge on any atom is 0.134 e. The normalized spacial score (nSPS) is 9.90. The Morgan fingerprint density at radius 2 is 1.95 bits per heavy atom. The first-order valence-corrected chi connectivity index (χ1v) is 6.62. The van der Waals surface area contributed by atoms with E-state index in [9.17, 15) is 5.11 Å². The fraction of sp³-hybridized carbons (Fsp3) is 0.133. The van der Waals surface area contributed by atoms with Crippen molar-refractivity contribution in [2.75, 3.05) is 7.11 Å². The zero-order valence-corrected chi connectivity index (χ0v) is 12.3. The van der Waals surface area contributed by atoms with E-state index < -0.39 is 0 Å². The van der Waals surface area contributed by atoms with Crippen molar-refractivity contribution in [2.24, 2.45) is 0 Å². The van der Waals surface area contributed by atoms with Crippen LogP contribution in [0.5, 0.6) is 17.2 Å². The van der Waals surface area contributed by atoms with E-state index in [1.54, 1.807) is 30.3 Å². The van der Waals surface area contributed by atoms with Crippen molar-refractivity contribution in [3.05, 3.63) is 52.0 Å². The predicted octanol–water partition coefficient (Wildman–Crippen LogP) is 3.61. The molecule has 0 heterocycles. The first-order valence-electron chi connectivity index (χ1n) is 5.82. The number of ether oxygens (including phenoxy) is 2. The molecule has 0 aliphatic heterocycles. The zero-order valence-electron chi connectivity index (χ0n) is 10.8. The Hall–Kier alpha value is -2.03. The summed E-state index contributed by atoms with van der Waals surface area (Å²) in [6.07, 6.45) is 0. The predicted molar refractivity (Wildman–Crippen MR) is 77.8 cm³/mol. The fourth-order valence-corrected chi connectivity index (χ4v) is 2.03. The average molecular weight is 334 g/mol. The van der Waals surface area contributed by atoms with Crippen molar-refractivity contribution < 1.29 is 14.6 Å². The Bertz CT molecular complexity index is 665. The van der Waals surface area contributed by atoms with Crippen LogP contribution >= 0.6 is 15.9 Å². The Morgan fingerprint density at radius 1 is 1.20 bits per heavy atom. The third-order valence-corrected chi connectivity index (χ3v) is 3.17. The van der Waals surface area contributed by atoms with Crippen molar-refractivity contribution in [3.8, 4) is 23.3 Å². The number of nitrogens with zero attached hydrogens (tertiary/aromatic N) is 1. The molecule has 20 heavy (non-hydrogen) atoms. The zero-order chi connectivity index (χ0) is 14.5. The fourth-order valence-electron chi connectivity index (χ4n) is 1.69. The second-order valence-corrected chi connectivity index (χ2v) is 4.94. The van der Waals surface area contributed by atoms with Gasteiger partial charge in [0.05, 0.1) is 25.3 Å². The lowest BCUT2D eigenvalue weighted by molar-refractivity contribution is 0.276. The number of halogens is 1. The van der Waals surface area contributed by atoms with E-state index in [2.05, 4.69) is 15.9 Å². The van der Waals surface area contributed by atoms with E-state index in [4.69, 9.17) is 14.7 Å². The molecule has 1 N–H and O–H groups in total. The van der Waals surface area contributed by atoms with Gasteiger partial charge < -0.3 is 14.6 Å². The SMILES string of the molecule is COc1cc(C#N)cc(Oc2cc(Br)ccc2CO)c1. The van der Waals surface area contributed by atoms with Gasteiger partial charge in [0.25, 0.3) is 0 Å². The van der Waals surface area contributed by atoms with Gasteiger partial charge in [-0.3, -0.25) is 0 Å². The molecule has 0 aliphatic rings. The lowest BCUT2D eigenvalue weighted by atomic mass is 10.2. The average Bonchev–Trinajstić information content (AvgIpc) is 2.47. The molecular formula is C15H12BrNO3. The Morgan fingerprint density at radius 3 is 2.60 bits per heavy atom. The third-order valence-electron chi connectivity index (χ3n) is 2.67. The minimum atomic E-state index is -0.127. The van der Waals surface area contributed by atoms with Crippen molar-refractivity contribution in [1.82, 2.24) is 0 Å². The second-order valence-electron chi connectivity index (χ2n) is 4.02. The Balaban J connectivity index is 2.39. The largest absolute Gasteiger partial charge is 0.497 e. The molecule has 0 unspecified atom stereocenters. The van der Waals surface area contributed by atoms with Crippen molar-refractivity contribution >= 4 is 15.9 Å². The van der Waals surface area contributed by atoms with Gasteiger partial charge in [0.15, 0.2) is 0 Å². The van der Waals surface area contributed by atoms with Crippen molar-refractivity contribution in [2.45, 2.75) is 6.61 Å². The van der Waals surface area contributed by atoms with Gasteiger partial charge in [0.2, 0.25) is 0 Å². The van der Waals surface area contributed by atoms with Crippen LogP contribution in [-0.4, -0.2) is 12.2 Å². The number of rotatable bonds is 4. The lowest BCUT2D eigenvalue weighted by Crippen LogP contribution is -1.93. The van der Waals surface area contributed by atoms with Gasteiger partial charge in [-0.25, -0.2) is 0 Å². The summed E-state index contributed by atoms with van der Waals surface area (Å²) in [5.41, 5.74) is 1.11. The topological polar surface area (TPSA) is 62.5 Å². The number of methoxy groups -OCH3 is 1. The molecule has 0 spiro atoms. The summed E-state index contributed by atoms with van der Waals surface area (Å²) >= 11 is 3.36. The molecule has 0 aliphatic carbocycles. The van der Waals surface area contributed by atoms with E-state index in [1.165, 1.54) is 7.11 Å². The van der Waals surface area contributed by atoms with Crippen LogP contribution in [0.25, 0.3) is 0 Å². The first kappa shape index (κ1) is 14.4. The summed E-state index contributed by atoms with van der Waals surface area (Å²) in [4.78, 5) is 0. The summed E-state index contributed by atoms with van der Waals surface area (Å²) in [5.74, 6) is 1.55. The van der Waals surface area contributed by atoms with E-state index in [0.29, 0.717) is 28.4 Å². The number of hydrogen-bond donors (Lipinski definition) is 1. The van der Waals surface area contributed by atoms with Crippen LogP contribution in [0.4, 0.5) is 0 Å². The molecule has 5 heteroatoms. The first-order chi connectivity index (χ1) is 9.66. The van der Waals surface area contributed by atoms with E-state index in [0.717, 1.165) is 4.47 Å². The van der Waals surface area contributed by atoms with Crippen LogP contribution in [0.1, 0.15) is 11.1 Å². The molecule has 2 rings (SSSR count). The van der Waals surface area contributed by atoms with Gasteiger partial charge in [-0.15, -0.1) is 0 Å². The van der Waals surface area contributed by atoms with Gasteiger partial charge in [-0.1, -0.05) is 22.0 Å². The van der Waals surface area contributed by atoms with Crippen molar-refractivity contribution in [3.63, 3.8) is 0 Å². The monoisotopic (exact) mass is 333 g/mol. The van der Waals surface area contributed by atoms with Gasteiger partial charge >= 0.3 is 0 Å². The number of hydrogen-bond acceptors (Lipinski definition) is 4. The Kier molecular flexibility index (Phi) is 4.61. The standard InChI is InChI=1S/C15H12BrNO3/c1-19-13-4-10(8-17)5-14(7-13)20-15-6-12(16)3-2-11(15)9-18/h2-7,18H,9H2,1H3. The summed E-state index contributed by atoms with van der Waals surface area (Å²) in [6.45, 7) is -0.127. The molecule has 0 amide bonds. The molecule has 0 saturated carbocycles. The number of benzene rings is 2. The number of aliphatic hydroxyl groups is 1. The summed E-state index contributed by atoms with van der Waals surface area (Å²) in [7, 11) is 1.53. The van der Waals surface area contributed by atoms with Crippen LogP contribution in [0, 0.1) is 11.3 Å². The van der Waals surface area contributed by atoms with E-state index in [1.807, 2.05) is 12.1 Å². The molecule has 0 saturated heterocycles. The van der Waals surface area contributed by atoms with Crippen LogP contribution in [0.15, 0.2) is 40.9 Å². The molecule has 0 fully saturated rings. The highest BCUT2D eigenvalue weighted by atomic mass is 79.9. The minimum Gasteiger partial charge on any atom is -0.497 e. The smallest absolute Gasteiger partial charge is 0.134 e. The maximum absolute atomic E-state index is 9.32. The third kappa shape index (κ3) is 3.29. The van der Waals surface area contributed by atoms with E-state index >= 15 is 0 Å².